The van der Waals surface area contributed by atoms with Crippen LogP contribution in [0, 0.1) is 0 Å². The molecule has 0 saturated carbocycles. The fourth-order valence-electron chi connectivity index (χ4n) is 2.65. The average molecular weight is 189 g/mol. The van der Waals surface area contributed by atoms with Crippen LogP contribution in [0.2, 0.25) is 0 Å². The number of ether oxygens (including phenoxy) is 1. The Balaban J connectivity index is 2.03. The molecule has 1 atom stereocenters. The third-order valence-corrected chi connectivity index (χ3v) is 3.37. The summed E-state index contributed by atoms with van der Waals surface area (Å²) in [7, 11) is 0. The highest BCUT2D eigenvalue weighted by molar-refractivity contribution is 5.38. The number of nitrogens with one attached hydrogen (secondary N) is 1. The zero-order valence-corrected chi connectivity index (χ0v) is 8.25. The van der Waals surface area contributed by atoms with Crippen LogP contribution in [0.4, 0.5) is 0 Å². The highest BCUT2D eigenvalue weighted by Gasteiger charge is 2.40. The highest BCUT2D eigenvalue weighted by Crippen LogP contribution is 2.40. The first-order valence-corrected chi connectivity index (χ1v) is 5.34. The van der Waals surface area contributed by atoms with Gasteiger partial charge in [-0.3, -0.25) is 0 Å². The van der Waals surface area contributed by atoms with Crippen molar-refractivity contribution >= 4 is 0 Å². The molecule has 0 unspecified atom stereocenters. The summed E-state index contributed by atoms with van der Waals surface area (Å²) in [5, 5.41) is 3.43. The molecule has 74 valence electrons. The van der Waals surface area contributed by atoms with Crippen LogP contribution in [0.5, 0.6) is 0 Å². The van der Waals surface area contributed by atoms with E-state index in [-0.39, 0.29) is 5.60 Å². The lowest BCUT2D eigenvalue weighted by Crippen LogP contribution is -2.46. The predicted octanol–water partition coefficient (Wildman–Crippen LogP) is 1.45. The summed E-state index contributed by atoms with van der Waals surface area (Å²) in [6, 6.07) is 8.68. The Bertz CT molecular complexity index is 336. The molecule has 1 aromatic rings. The van der Waals surface area contributed by atoms with E-state index in [2.05, 4.69) is 29.6 Å². The third kappa shape index (κ3) is 1.11. The van der Waals surface area contributed by atoms with E-state index in [1.165, 1.54) is 11.1 Å². The van der Waals surface area contributed by atoms with Crippen LogP contribution >= 0.6 is 0 Å². The van der Waals surface area contributed by atoms with Gasteiger partial charge in [-0.05, 0) is 24.0 Å². The molecule has 0 amide bonds. The molecule has 0 radical (unpaired) electrons. The van der Waals surface area contributed by atoms with E-state index in [9.17, 15) is 0 Å². The summed E-state index contributed by atoms with van der Waals surface area (Å²) in [6.45, 7) is 2.81. The van der Waals surface area contributed by atoms with Crippen LogP contribution < -0.4 is 5.32 Å². The lowest BCUT2D eigenvalue weighted by molar-refractivity contribution is -0.0695. The fraction of sp³-hybridized carbons (Fsp3) is 0.500. The number of benzene rings is 1. The van der Waals surface area contributed by atoms with Gasteiger partial charge in [0, 0.05) is 13.1 Å². The van der Waals surface area contributed by atoms with Crippen molar-refractivity contribution in [1.82, 2.24) is 5.32 Å². The molecule has 14 heavy (non-hydrogen) atoms. The van der Waals surface area contributed by atoms with Gasteiger partial charge in [0.2, 0.25) is 0 Å². The van der Waals surface area contributed by atoms with Gasteiger partial charge in [0.25, 0.3) is 0 Å². The molecule has 2 aliphatic rings. The van der Waals surface area contributed by atoms with Crippen molar-refractivity contribution in [2.75, 3.05) is 19.7 Å². The summed E-state index contributed by atoms with van der Waals surface area (Å²) < 4.78 is 5.99. The summed E-state index contributed by atoms with van der Waals surface area (Å²) in [4.78, 5) is 0. The van der Waals surface area contributed by atoms with E-state index in [0.29, 0.717) is 0 Å². The molecule has 2 heteroatoms. The normalized spacial score (nSPS) is 30.6. The Morgan fingerprint density at radius 3 is 3.07 bits per heavy atom. The van der Waals surface area contributed by atoms with Crippen LogP contribution in [-0.2, 0) is 16.8 Å². The van der Waals surface area contributed by atoms with Crippen LogP contribution in [0.25, 0.3) is 0 Å². The SMILES string of the molecule is c1ccc2c(c1)CC[C@]21CNCCO1. The Morgan fingerprint density at radius 1 is 1.29 bits per heavy atom. The number of rotatable bonds is 0. The van der Waals surface area contributed by atoms with Gasteiger partial charge in [-0.2, -0.15) is 0 Å². The van der Waals surface area contributed by atoms with Gasteiger partial charge in [0.1, 0.15) is 5.60 Å². The predicted molar refractivity (Wildman–Crippen MR) is 55.3 cm³/mol. The number of morpholine rings is 1. The molecule has 0 aromatic heterocycles. The van der Waals surface area contributed by atoms with Gasteiger partial charge in [-0.1, -0.05) is 24.3 Å². The Morgan fingerprint density at radius 2 is 2.21 bits per heavy atom. The maximum Gasteiger partial charge on any atom is 0.106 e. The topological polar surface area (TPSA) is 21.3 Å². The zero-order chi connectivity index (χ0) is 9.43. The minimum absolute atomic E-state index is 0.00512. The first-order valence-electron chi connectivity index (χ1n) is 5.34. The summed E-state index contributed by atoms with van der Waals surface area (Å²) >= 11 is 0. The van der Waals surface area contributed by atoms with Gasteiger partial charge < -0.3 is 10.1 Å². The van der Waals surface area contributed by atoms with Crippen molar-refractivity contribution in [3.8, 4) is 0 Å². The van der Waals surface area contributed by atoms with E-state index in [0.717, 1.165) is 32.5 Å². The Hall–Kier alpha value is -0.860. The molecule has 1 saturated heterocycles. The minimum Gasteiger partial charge on any atom is -0.368 e. The van der Waals surface area contributed by atoms with Crippen LogP contribution in [0.1, 0.15) is 17.5 Å². The standard InChI is InChI=1S/C12H15NO/c1-2-4-11-10(3-1)5-6-12(11)9-13-7-8-14-12/h1-4,13H,5-9H2/t12-/m0/s1. The fourth-order valence-corrected chi connectivity index (χ4v) is 2.65. The number of aryl methyl sites for hydroxylation is 1. The lowest BCUT2D eigenvalue weighted by atomic mass is 9.94. The molecule has 1 aromatic carbocycles. The highest BCUT2D eigenvalue weighted by atomic mass is 16.5. The quantitative estimate of drug-likeness (QED) is 0.667. The molecular weight excluding hydrogens is 174 g/mol. The Labute approximate surface area is 84.3 Å². The smallest absolute Gasteiger partial charge is 0.106 e. The van der Waals surface area contributed by atoms with Crippen molar-refractivity contribution in [2.24, 2.45) is 0 Å². The molecule has 1 spiro atoms. The summed E-state index contributed by atoms with van der Waals surface area (Å²) in [5.41, 5.74) is 2.87. The molecule has 2 nitrogen and oxygen atoms in total. The van der Waals surface area contributed by atoms with E-state index in [1.54, 1.807) is 0 Å². The Kier molecular flexibility index (Phi) is 1.85. The van der Waals surface area contributed by atoms with Crippen molar-refractivity contribution in [3.63, 3.8) is 0 Å². The van der Waals surface area contributed by atoms with Crippen molar-refractivity contribution < 1.29 is 4.74 Å². The first-order chi connectivity index (χ1) is 6.91. The van der Waals surface area contributed by atoms with Gasteiger partial charge >= 0.3 is 0 Å². The number of hydrogen-bond donors (Lipinski definition) is 1. The molecule has 1 fully saturated rings. The van der Waals surface area contributed by atoms with Crippen LogP contribution in [-0.4, -0.2) is 19.7 Å². The molecule has 1 aliphatic heterocycles. The second-order valence-electron chi connectivity index (χ2n) is 4.18. The third-order valence-electron chi connectivity index (χ3n) is 3.37. The largest absolute Gasteiger partial charge is 0.368 e. The molecule has 3 rings (SSSR count). The van der Waals surface area contributed by atoms with Gasteiger partial charge in [-0.25, -0.2) is 0 Å². The minimum atomic E-state index is -0.00512. The van der Waals surface area contributed by atoms with Gasteiger partial charge in [-0.15, -0.1) is 0 Å². The second kappa shape index (κ2) is 3.07. The lowest BCUT2D eigenvalue weighted by Gasteiger charge is -2.35. The van der Waals surface area contributed by atoms with E-state index < -0.39 is 0 Å². The van der Waals surface area contributed by atoms with Gasteiger partial charge in [0.15, 0.2) is 0 Å². The molecule has 1 N–H and O–H groups in total. The molecule has 1 aliphatic carbocycles. The molecule has 0 bridgehead atoms. The van der Waals surface area contributed by atoms with Crippen molar-refractivity contribution in [2.45, 2.75) is 18.4 Å². The van der Waals surface area contributed by atoms with E-state index >= 15 is 0 Å². The van der Waals surface area contributed by atoms with E-state index in [1.807, 2.05) is 0 Å². The molecular formula is C12H15NO. The average Bonchev–Trinajstić information content (AvgIpc) is 2.60. The summed E-state index contributed by atoms with van der Waals surface area (Å²) in [6.07, 6.45) is 2.30. The van der Waals surface area contributed by atoms with E-state index in [4.69, 9.17) is 4.74 Å². The van der Waals surface area contributed by atoms with Crippen molar-refractivity contribution in [1.29, 1.82) is 0 Å². The number of fused-ring (bicyclic) bond motifs is 2. The molecule has 1 heterocycles. The van der Waals surface area contributed by atoms with Crippen LogP contribution in [0.3, 0.4) is 0 Å². The monoisotopic (exact) mass is 189 g/mol. The number of hydrogen-bond acceptors (Lipinski definition) is 2. The van der Waals surface area contributed by atoms with Crippen molar-refractivity contribution in [3.05, 3.63) is 35.4 Å². The maximum absolute atomic E-state index is 5.99. The van der Waals surface area contributed by atoms with Crippen LogP contribution in [0.15, 0.2) is 24.3 Å². The first kappa shape index (κ1) is 8.45. The maximum atomic E-state index is 5.99. The van der Waals surface area contributed by atoms with Gasteiger partial charge in [0.05, 0.1) is 6.61 Å². The summed E-state index contributed by atoms with van der Waals surface area (Å²) in [5.74, 6) is 0. The zero-order valence-electron chi connectivity index (χ0n) is 8.25. The second-order valence-corrected chi connectivity index (χ2v) is 4.18.